The molecule has 14 heteroatoms. The molecule has 336 valence electrons. The van der Waals surface area contributed by atoms with Gasteiger partial charge in [0.15, 0.2) is 6.10 Å². The van der Waals surface area contributed by atoms with E-state index in [1.165, 1.54) is 19.3 Å². The van der Waals surface area contributed by atoms with Crippen LogP contribution in [0, 0.1) is 0 Å². The number of hydrogen-bond acceptors (Lipinski definition) is 12. The van der Waals surface area contributed by atoms with Crippen molar-refractivity contribution in [1.29, 1.82) is 0 Å². The molecule has 0 aromatic carbocycles. The van der Waals surface area contributed by atoms with Crippen LogP contribution in [0.15, 0.2) is 85.1 Å². The SMILES string of the molecule is CC/C=C\C/C=C\C/C=C\C/C=C\CCCCC(=O)O[C@H](COC(=O)CCCC/C=C\C/C=C\C/C=C\CCCCC)COP(=O)(O)OC1C(O)C(O)C(O)[C@@H](O)C1O. The first-order chi connectivity index (χ1) is 28.4. The van der Waals surface area contributed by atoms with Crippen molar-refractivity contribution >= 4 is 19.8 Å². The quantitative estimate of drug-likeness (QED) is 0.0162. The Labute approximate surface area is 352 Å². The zero-order valence-corrected chi connectivity index (χ0v) is 36.1. The number of allylic oxidation sites excluding steroid dienone is 14. The largest absolute Gasteiger partial charge is 0.472 e. The summed E-state index contributed by atoms with van der Waals surface area (Å²) in [5, 5.41) is 50.0. The summed E-state index contributed by atoms with van der Waals surface area (Å²) in [6, 6.07) is 0. The fourth-order valence-corrected chi connectivity index (χ4v) is 6.73. The molecule has 0 saturated heterocycles. The van der Waals surface area contributed by atoms with Crippen LogP contribution >= 0.6 is 7.82 Å². The van der Waals surface area contributed by atoms with Gasteiger partial charge in [-0.1, -0.05) is 112 Å². The zero-order valence-electron chi connectivity index (χ0n) is 35.3. The van der Waals surface area contributed by atoms with Crippen molar-refractivity contribution < 1.29 is 63.1 Å². The number of ether oxygens (including phenoxy) is 2. The Morgan fingerprint density at radius 2 is 0.949 bits per heavy atom. The van der Waals surface area contributed by atoms with Crippen LogP contribution in [0.4, 0.5) is 0 Å². The maximum Gasteiger partial charge on any atom is 0.472 e. The molecule has 0 aromatic heterocycles. The lowest BCUT2D eigenvalue weighted by atomic mass is 9.85. The normalized spacial score (nSPS) is 23.2. The molecule has 8 atom stereocenters. The lowest BCUT2D eigenvalue weighted by Crippen LogP contribution is -2.64. The number of carbonyl (C=O) groups is 2. The molecule has 1 saturated carbocycles. The fraction of sp³-hybridized carbons (Fsp3) is 0.644. The summed E-state index contributed by atoms with van der Waals surface area (Å²) in [6.45, 7) is 3.05. The second-order valence-corrected chi connectivity index (χ2v) is 15.9. The summed E-state index contributed by atoms with van der Waals surface area (Å²) in [5.74, 6) is -1.20. The fourth-order valence-electron chi connectivity index (χ4n) is 5.75. The topological polar surface area (TPSA) is 210 Å². The van der Waals surface area contributed by atoms with Gasteiger partial charge in [0.2, 0.25) is 0 Å². The Morgan fingerprint density at radius 1 is 0.542 bits per heavy atom. The van der Waals surface area contributed by atoms with Crippen molar-refractivity contribution in [2.24, 2.45) is 0 Å². The van der Waals surface area contributed by atoms with Gasteiger partial charge in [0.25, 0.3) is 0 Å². The van der Waals surface area contributed by atoms with Gasteiger partial charge in [-0.05, 0) is 89.9 Å². The predicted molar refractivity (Wildman–Crippen MR) is 230 cm³/mol. The van der Waals surface area contributed by atoms with Crippen LogP contribution in [-0.2, 0) is 32.7 Å². The second-order valence-electron chi connectivity index (χ2n) is 14.5. The molecule has 1 aliphatic rings. The molecular formula is C45H73O13P. The van der Waals surface area contributed by atoms with Crippen molar-refractivity contribution in [2.75, 3.05) is 13.2 Å². The van der Waals surface area contributed by atoms with Gasteiger partial charge < -0.3 is 39.9 Å². The van der Waals surface area contributed by atoms with Crippen LogP contribution in [0.3, 0.4) is 0 Å². The number of hydrogen-bond donors (Lipinski definition) is 6. The number of phosphoric ester groups is 1. The number of aliphatic hydroxyl groups excluding tert-OH is 5. The molecular weight excluding hydrogens is 779 g/mol. The van der Waals surface area contributed by atoms with Crippen molar-refractivity contribution in [2.45, 2.75) is 172 Å². The first-order valence-corrected chi connectivity index (χ1v) is 22.9. The van der Waals surface area contributed by atoms with Crippen molar-refractivity contribution in [3.63, 3.8) is 0 Å². The van der Waals surface area contributed by atoms with E-state index < -0.39 is 75.7 Å². The Hall–Kier alpha value is -2.97. The number of phosphoric acid groups is 1. The third-order valence-electron chi connectivity index (χ3n) is 9.22. The highest BCUT2D eigenvalue weighted by Crippen LogP contribution is 2.47. The van der Waals surface area contributed by atoms with Crippen molar-refractivity contribution in [3.05, 3.63) is 85.1 Å². The van der Waals surface area contributed by atoms with Crippen LogP contribution in [0.2, 0.25) is 0 Å². The average molecular weight is 853 g/mol. The minimum atomic E-state index is -5.14. The van der Waals surface area contributed by atoms with Gasteiger partial charge in [-0.25, -0.2) is 4.57 Å². The Kier molecular flexibility index (Phi) is 31.8. The maximum atomic E-state index is 12.8. The van der Waals surface area contributed by atoms with Crippen LogP contribution in [0.25, 0.3) is 0 Å². The molecule has 13 nitrogen and oxygen atoms in total. The first-order valence-electron chi connectivity index (χ1n) is 21.4. The highest BCUT2D eigenvalue weighted by molar-refractivity contribution is 7.47. The molecule has 59 heavy (non-hydrogen) atoms. The van der Waals surface area contributed by atoms with Gasteiger partial charge in [-0.15, -0.1) is 0 Å². The molecule has 0 aromatic rings. The molecule has 1 rings (SSSR count). The molecule has 0 heterocycles. The summed E-state index contributed by atoms with van der Waals surface area (Å²) >= 11 is 0. The van der Waals surface area contributed by atoms with Gasteiger partial charge in [-0.3, -0.25) is 18.6 Å². The van der Waals surface area contributed by atoms with Crippen LogP contribution < -0.4 is 0 Å². The van der Waals surface area contributed by atoms with Gasteiger partial charge in [0.1, 0.15) is 43.2 Å². The smallest absolute Gasteiger partial charge is 0.462 e. The Bertz CT molecular complexity index is 1360. The summed E-state index contributed by atoms with van der Waals surface area (Å²) < 4.78 is 33.4. The molecule has 0 amide bonds. The summed E-state index contributed by atoms with van der Waals surface area (Å²) in [6.07, 6.45) is 30.8. The zero-order chi connectivity index (χ0) is 43.6. The minimum Gasteiger partial charge on any atom is -0.462 e. The van der Waals surface area contributed by atoms with Gasteiger partial charge >= 0.3 is 19.8 Å². The Balaban J connectivity index is 2.57. The number of rotatable bonds is 33. The van der Waals surface area contributed by atoms with Crippen molar-refractivity contribution in [3.8, 4) is 0 Å². The minimum absolute atomic E-state index is 0.0311. The maximum absolute atomic E-state index is 12.8. The Morgan fingerprint density at radius 3 is 1.41 bits per heavy atom. The first kappa shape index (κ1) is 54.0. The number of aliphatic hydroxyl groups is 5. The molecule has 1 fully saturated rings. The predicted octanol–water partition coefficient (Wildman–Crippen LogP) is 7.72. The van der Waals surface area contributed by atoms with Crippen LogP contribution in [0.5, 0.6) is 0 Å². The van der Waals surface area contributed by atoms with E-state index >= 15 is 0 Å². The highest BCUT2D eigenvalue weighted by atomic mass is 31.2. The molecule has 0 bridgehead atoms. The van der Waals surface area contributed by atoms with E-state index in [2.05, 4.69) is 92.8 Å². The van der Waals surface area contributed by atoms with E-state index in [1.54, 1.807) is 0 Å². The van der Waals surface area contributed by atoms with E-state index in [0.717, 1.165) is 64.2 Å². The average Bonchev–Trinajstić information content (AvgIpc) is 3.21. The highest BCUT2D eigenvalue weighted by Gasteiger charge is 2.51. The van der Waals surface area contributed by atoms with E-state index in [-0.39, 0.29) is 12.8 Å². The van der Waals surface area contributed by atoms with E-state index in [4.69, 9.17) is 18.5 Å². The molecule has 1 aliphatic carbocycles. The van der Waals surface area contributed by atoms with E-state index in [0.29, 0.717) is 19.3 Å². The summed E-state index contributed by atoms with van der Waals surface area (Å²) in [7, 11) is -5.14. The third-order valence-corrected chi connectivity index (χ3v) is 10.2. The monoisotopic (exact) mass is 852 g/mol. The van der Waals surface area contributed by atoms with E-state index in [9.17, 15) is 44.6 Å². The van der Waals surface area contributed by atoms with Crippen molar-refractivity contribution in [1.82, 2.24) is 0 Å². The molecule has 0 radical (unpaired) electrons. The molecule has 6 N–H and O–H groups in total. The lowest BCUT2D eigenvalue weighted by molar-refractivity contribution is -0.220. The van der Waals surface area contributed by atoms with Gasteiger partial charge in [0, 0.05) is 12.8 Å². The van der Waals surface area contributed by atoms with Gasteiger partial charge in [-0.2, -0.15) is 0 Å². The molecule has 0 aliphatic heterocycles. The summed E-state index contributed by atoms with van der Waals surface area (Å²) in [4.78, 5) is 35.6. The standard InChI is InChI=1S/C45H73O13P/c1-3-5-7-9-11-13-15-17-19-21-23-25-27-29-31-33-38(46)55-35-37(36-56-59(53,54)58-45-43(51)41(49)40(48)42(50)44(45)52)57-39(47)34-32-30-28-26-24-22-20-18-16-14-12-10-8-6-4-2/h6,8,11-14,17-20,23-26,37,40-45,48-52H,3-5,7,9-10,15-16,21-22,27-36H2,1-2H3,(H,53,54)/b8-6-,13-11-,14-12-,19-17-,20-18-,25-23-,26-24-/t37-,40?,41-,42?,43?,44?,45?/m1/s1. The second kappa shape index (κ2) is 34.7. The lowest BCUT2D eigenvalue weighted by Gasteiger charge is -2.41. The number of carbonyl (C=O) groups excluding carboxylic acids is 2. The van der Waals surface area contributed by atoms with Crippen LogP contribution in [0.1, 0.15) is 129 Å². The number of unbranched alkanes of at least 4 members (excludes halogenated alkanes) is 7. The number of esters is 2. The van der Waals surface area contributed by atoms with Gasteiger partial charge in [0.05, 0.1) is 6.61 Å². The third kappa shape index (κ3) is 27.5. The summed E-state index contributed by atoms with van der Waals surface area (Å²) in [5.41, 5.74) is 0. The molecule has 6 unspecified atom stereocenters. The molecule has 0 spiro atoms. The van der Waals surface area contributed by atoms with Crippen LogP contribution in [-0.4, -0.2) is 98.3 Å². The van der Waals surface area contributed by atoms with E-state index in [1.807, 2.05) is 6.08 Å².